The van der Waals surface area contributed by atoms with Crippen molar-refractivity contribution in [3.8, 4) is 0 Å². The largest absolute Gasteiger partial charge is 0.399 e. The van der Waals surface area contributed by atoms with Crippen LogP contribution in [0, 0.1) is 47.3 Å². The summed E-state index contributed by atoms with van der Waals surface area (Å²) in [5, 5.41) is 10.7. The van der Waals surface area contributed by atoms with Crippen LogP contribution in [0.5, 0.6) is 0 Å². The average Bonchev–Trinajstić information content (AvgIpc) is 1.50. The van der Waals surface area contributed by atoms with Crippen molar-refractivity contribution in [2.45, 2.75) is 273 Å². The monoisotopic (exact) mass is 2010 g/mol. The molecule has 12 aliphatic rings. The summed E-state index contributed by atoms with van der Waals surface area (Å²) < 4.78 is 9.59. The molecule has 8 bridgehead atoms. The molecule has 134 heavy (non-hydrogen) atoms. The highest BCUT2D eigenvalue weighted by Gasteiger charge is 2.56. The maximum absolute atomic E-state index is 13.6. The van der Waals surface area contributed by atoms with E-state index in [4.69, 9.17) is 5.73 Å². The van der Waals surface area contributed by atoms with Gasteiger partial charge in [0.25, 0.3) is 0 Å². The standard InChI is InChI=1S/3C26H32N2O.C19H26N2O.C7H6O.C4H10O2.3C2H6.CH4.BBr3/c3*1-18-24-25(29)22-12-11-21(27-16-19-7-4-3-5-8-19)15-23(22)26(18,2)13-6-14-28(24)17-20-9-10-20;1-12-17-18(22)15-7-6-14(20)10-16(15)19(12,2)8-3-9-21(17)11-13-4-5-13;8-6-7-4-2-1-3-5-7;1-5-3-4-6-2;3*1-2;;2-1(3)4/h3*3-5,7-8,11-12,15,18,20,24,27H,6,9-10,13-14,16-17H2,1-2H3;6-7,10,12-13,17H,3-5,8-9,11,20H2,1-2H3;1-6H;3-4H2,1-2H3;3*1-2H3;1H4;/t3*18-,24-,26+;12-,17-,19+;;;;;;;/m0000......./s1. The Hall–Kier alpha value is -7.43. The number of Topliss-reactive ketones (excluding diaryl/α,β-unsaturated/α-hetero) is 4. The number of carbonyl (C=O) groups excluding carboxylic acids is 5. The van der Waals surface area contributed by atoms with Gasteiger partial charge in [0.15, 0.2) is 23.1 Å². The van der Waals surface area contributed by atoms with E-state index in [2.05, 4.69) is 281 Å². The normalized spacial score (nSPS) is 26.0. The van der Waals surface area contributed by atoms with Gasteiger partial charge in [0.2, 0.25) is 0 Å². The third kappa shape index (κ3) is 27.2. The highest BCUT2D eigenvalue weighted by Crippen LogP contribution is 2.55. The van der Waals surface area contributed by atoms with Crippen LogP contribution in [-0.4, -0.2) is 156 Å². The number of rotatable bonds is 21. The molecule has 15 nitrogen and oxygen atoms in total. The highest BCUT2D eigenvalue weighted by atomic mass is 79.9. The number of aldehydes is 1. The SMILES string of the molecule is BrB(Br)Br.C.CC.CC.CC.COCCOC.C[C@H]1[C@H]2C(=O)c3ccc(N)cc3[C@]1(C)CCCN2CC1CC1.C[C@H]1[C@H]2C(=O)c3ccc(NCc4ccccc4)cc3[C@]1(C)CCCN2CC1CC1.C[C@H]1[C@H]2C(=O)c3ccc(NCc4ccccc4)cc3[C@]1(C)CCCN2CC1CC1.C[C@H]1[C@H]2C(=O)c3ccc(NCc4ccccc4)cc3[C@]1(C)CCCN2CC1CC1.O=Cc1ccccc1. The molecule has 4 heterocycles. The van der Waals surface area contributed by atoms with E-state index in [0.717, 1.165) is 178 Å². The predicted octanol–water partition coefficient (Wildman–Crippen LogP) is 26.7. The molecule has 4 aliphatic heterocycles. The van der Waals surface area contributed by atoms with Gasteiger partial charge in [0.1, 0.15) is 6.29 Å². The number of hydrogen-bond acceptors (Lipinski definition) is 15. The first-order valence-electron chi connectivity index (χ1n) is 50.5. The van der Waals surface area contributed by atoms with Crippen LogP contribution < -0.4 is 21.7 Å². The van der Waals surface area contributed by atoms with Crippen molar-refractivity contribution in [2.24, 2.45) is 47.3 Å². The molecule has 8 aromatic carbocycles. The first-order valence-corrected chi connectivity index (χ1v) is 53.2. The van der Waals surface area contributed by atoms with E-state index in [1.807, 2.05) is 90.1 Å². The molecule has 8 aliphatic carbocycles. The number of nitrogens with one attached hydrogen (secondary N) is 3. The highest BCUT2D eigenvalue weighted by molar-refractivity contribution is 9.69. The van der Waals surface area contributed by atoms with Crippen molar-refractivity contribution in [2.75, 3.05) is 101 Å². The number of nitrogens with two attached hydrogens (primary N) is 1. The van der Waals surface area contributed by atoms with Crippen LogP contribution >= 0.6 is 47.3 Å². The van der Waals surface area contributed by atoms with E-state index in [9.17, 15) is 24.0 Å². The molecule has 4 saturated heterocycles. The second-order valence-electron chi connectivity index (χ2n) is 39.6. The molecule has 0 unspecified atom stereocenters. The fourth-order valence-electron chi connectivity index (χ4n) is 22.2. The van der Waals surface area contributed by atoms with Crippen molar-refractivity contribution in [3.63, 3.8) is 0 Å². The second-order valence-corrected chi connectivity index (χ2v) is 46.0. The first kappa shape index (κ1) is 109. The van der Waals surface area contributed by atoms with E-state index in [1.54, 1.807) is 26.4 Å². The third-order valence-electron chi connectivity index (χ3n) is 31.0. The smallest absolute Gasteiger partial charge is 0.369 e. The molecule has 0 radical (unpaired) electrons. The van der Waals surface area contributed by atoms with Gasteiger partial charge in [0, 0.05) is 111 Å². The Labute approximate surface area is 831 Å². The lowest BCUT2D eigenvalue weighted by Gasteiger charge is -2.46. The van der Waals surface area contributed by atoms with E-state index < -0.39 is 0 Å². The van der Waals surface area contributed by atoms with E-state index in [1.165, 1.54) is 116 Å². The summed E-state index contributed by atoms with van der Waals surface area (Å²) in [4.78, 5) is 74.0. The number of ether oxygens (including phenoxy) is 2. The van der Waals surface area contributed by atoms with E-state index >= 15 is 0 Å². The van der Waals surface area contributed by atoms with Crippen LogP contribution in [0.3, 0.4) is 0 Å². The molecule has 12 atom stereocenters. The first-order chi connectivity index (χ1) is 64.3. The molecule has 5 N–H and O–H groups in total. The molecule has 8 fully saturated rings. The van der Waals surface area contributed by atoms with Gasteiger partial charge in [-0.1, -0.05) is 226 Å². The number of nitrogen functional groups attached to an aromatic ring is 1. The maximum Gasteiger partial charge on any atom is 0.369 e. The fourth-order valence-corrected chi connectivity index (χ4v) is 22.2. The number of fused-ring (bicyclic) bond motifs is 16. The predicted molar refractivity (Wildman–Crippen MR) is 573 cm³/mol. The van der Waals surface area contributed by atoms with Gasteiger partial charge in [-0.25, -0.2) is 0 Å². The van der Waals surface area contributed by atoms with Gasteiger partial charge in [-0.05, 0) is 310 Å². The lowest BCUT2D eigenvalue weighted by molar-refractivity contribution is 0.0637. The van der Waals surface area contributed by atoms with E-state index in [-0.39, 0.29) is 56.4 Å². The minimum atomic E-state index is 0. The average molecular weight is 2020 g/mol. The minimum Gasteiger partial charge on any atom is -0.399 e. The number of benzene rings is 8. The molecule has 0 spiro atoms. The third-order valence-corrected chi connectivity index (χ3v) is 31.0. The van der Waals surface area contributed by atoms with E-state index in [0.29, 0.717) is 60.0 Å². The Balaban J connectivity index is 0.000000171. The zero-order chi connectivity index (χ0) is 95.7. The Kier molecular flexibility index (Phi) is 41.7. The number of methoxy groups -OCH3 is 2. The maximum atomic E-state index is 13.6. The van der Waals surface area contributed by atoms with Crippen molar-refractivity contribution in [1.82, 2.24) is 19.6 Å². The number of anilines is 4. The summed E-state index contributed by atoms with van der Waals surface area (Å²) in [6.07, 6.45) is 20.9. The minimum absolute atomic E-state index is 0. The van der Waals surface area contributed by atoms with Crippen LogP contribution in [0.1, 0.15) is 298 Å². The van der Waals surface area contributed by atoms with Crippen LogP contribution in [0.25, 0.3) is 0 Å². The Morgan fingerprint density at radius 3 is 0.828 bits per heavy atom. The molecule has 20 rings (SSSR count). The quantitative estimate of drug-likeness (QED) is 0.0231. The zero-order valence-corrected chi connectivity index (χ0v) is 87.7. The van der Waals surface area contributed by atoms with Gasteiger partial charge >= 0.3 is 3.18 Å². The summed E-state index contributed by atoms with van der Waals surface area (Å²) >= 11 is 9.31. The Morgan fingerprint density at radius 1 is 0.373 bits per heavy atom. The fraction of sp³-hybridized carbons (Fsp3) is 0.539. The lowest BCUT2D eigenvalue weighted by atomic mass is 9.61. The topological polar surface area (TPSA) is 179 Å². The van der Waals surface area contributed by atoms with Crippen molar-refractivity contribution >= 4 is 103 Å². The molecular weight excluding hydrogens is 1860 g/mol. The van der Waals surface area contributed by atoms with Crippen LogP contribution in [0.2, 0.25) is 0 Å². The number of ketones is 4. The summed E-state index contributed by atoms with van der Waals surface area (Å²) in [5.41, 5.74) is 23.7. The summed E-state index contributed by atoms with van der Waals surface area (Å²) in [7, 11) is 3.30. The Bertz CT molecular complexity index is 4650. The number of nitrogens with zero attached hydrogens (tertiary/aromatic N) is 4. The summed E-state index contributed by atoms with van der Waals surface area (Å²) in [6.45, 7) is 43.3. The van der Waals surface area contributed by atoms with Gasteiger partial charge in [-0.15, -0.1) is 47.3 Å². The molecular formula is C115H160BBr3N8O7. The van der Waals surface area contributed by atoms with Gasteiger partial charge < -0.3 is 31.2 Å². The van der Waals surface area contributed by atoms with Crippen molar-refractivity contribution in [3.05, 3.63) is 261 Å². The van der Waals surface area contributed by atoms with Crippen LogP contribution in [0.4, 0.5) is 22.7 Å². The number of halogens is 3. The van der Waals surface area contributed by atoms with Gasteiger partial charge in [-0.2, -0.15) is 0 Å². The molecule has 4 saturated carbocycles. The Morgan fingerprint density at radius 2 is 0.604 bits per heavy atom. The summed E-state index contributed by atoms with van der Waals surface area (Å²) in [5.74, 6) is 6.09. The van der Waals surface area contributed by atoms with Gasteiger partial charge in [0.05, 0.1) is 37.4 Å². The van der Waals surface area contributed by atoms with Crippen LogP contribution in [-0.2, 0) is 50.8 Å². The molecule has 0 aromatic heterocycles. The number of hydrogen-bond donors (Lipinski definition) is 4. The molecule has 19 heteroatoms. The summed E-state index contributed by atoms with van der Waals surface area (Å²) in [6, 6.07) is 66.0. The number of likely N-dealkylation sites (tertiary alicyclic amines) is 4. The second kappa shape index (κ2) is 51.5. The van der Waals surface area contributed by atoms with Gasteiger partial charge in [-0.3, -0.25) is 43.6 Å². The van der Waals surface area contributed by atoms with Crippen molar-refractivity contribution in [1.29, 1.82) is 0 Å². The zero-order valence-electron chi connectivity index (χ0n) is 82.9. The van der Waals surface area contributed by atoms with Crippen LogP contribution in [0.15, 0.2) is 194 Å². The molecule has 0 amide bonds. The molecule has 726 valence electrons. The molecule has 8 aromatic rings. The lowest BCUT2D eigenvalue weighted by Crippen LogP contribution is -2.53. The van der Waals surface area contributed by atoms with Crippen molar-refractivity contribution < 1.29 is 33.4 Å². The number of carbonyl (C=O) groups is 5.